The van der Waals surface area contributed by atoms with Gasteiger partial charge in [-0.2, -0.15) is 4.31 Å². The van der Waals surface area contributed by atoms with Crippen LogP contribution in [0.5, 0.6) is 0 Å². The van der Waals surface area contributed by atoms with E-state index in [2.05, 4.69) is 35.9 Å². The van der Waals surface area contributed by atoms with E-state index in [1.807, 2.05) is 30.6 Å². The van der Waals surface area contributed by atoms with Gasteiger partial charge >= 0.3 is 0 Å². The van der Waals surface area contributed by atoms with Crippen molar-refractivity contribution in [2.24, 2.45) is 11.8 Å². The maximum absolute atomic E-state index is 13.2. The predicted molar refractivity (Wildman–Crippen MR) is 139 cm³/mol. The number of para-hydroxylation sites is 1. The highest BCUT2D eigenvalue weighted by Crippen LogP contribution is 2.45. The Labute approximate surface area is 217 Å². The lowest BCUT2D eigenvalue weighted by Gasteiger charge is -2.49. The summed E-state index contributed by atoms with van der Waals surface area (Å²) in [6, 6.07) is 15.7. The second-order valence-electron chi connectivity index (χ2n) is 10.1. The van der Waals surface area contributed by atoms with E-state index in [1.165, 1.54) is 28.6 Å². The van der Waals surface area contributed by atoms with Gasteiger partial charge in [0.2, 0.25) is 10.0 Å². The van der Waals surface area contributed by atoms with Crippen LogP contribution in [0.1, 0.15) is 48.8 Å². The van der Waals surface area contributed by atoms with Crippen molar-refractivity contribution in [1.29, 1.82) is 0 Å². The first-order chi connectivity index (χ1) is 17.8. The average Bonchev–Trinajstić information content (AvgIpc) is 2.87. The Morgan fingerprint density at radius 1 is 1.00 bits per heavy atom. The summed E-state index contributed by atoms with van der Waals surface area (Å²) in [6.45, 7) is 5.67. The Kier molecular flexibility index (Phi) is 7.06. The Balaban J connectivity index is 1.41. The van der Waals surface area contributed by atoms with Crippen LogP contribution < -0.4 is 0 Å². The molecule has 0 aliphatic carbocycles. The first kappa shape index (κ1) is 25.4. The van der Waals surface area contributed by atoms with Gasteiger partial charge in [-0.15, -0.1) is 0 Å². The molecule has 2 aromatic heterocycles. The molecule has 3 aromatic rings. The van der Waals surface area contributed by atoms with Gasteiger partial charge in [-0.05, 0) is 61.4 Å². The van der Waals surface area contributed by atoms with E-state index in [4.69, 9.17) is 4.98 Å². The van der Waals surface area contributed by atoms with Crippen LogP contribution in [-0.2, 0) is 10.0 Å². The Morgan fingerprint density at radius 2 is 1.73 bits per heavy atom. The summed E-state index contributed by atoms with van der Waals surface area (Å²) < 4.78 is 27.8. The summed E-state index contributed by atoms with van der Waals surface area (Å²) >= 11 is 0. The number of likely N-dealkylation sites (tertiary alicyclic amines) is 1. The average molecular weight is 522 g/mol. The number of pyridine rings is 2. The summed E-state index contributed by atoms with van der Waals surface area (Å²) in [4.78, 5) is 22.4. The zero-order chi connectivity index (χ0) is 26.2. The van der Waals surface area contributed by atoms with Crippen molar-refractivity contribution in [3.8, 4) is 0 Å². The molecule has 3 unspecified atom stereocenters. The highest BCUT2D eigenvalue weighted by atomic mass is 32.2. The smallest absolute Gasteiger partial charge is 0.286 e. The van der Waals surface area contributed by atoms with Crippen molar-refractivity contribution in [2.75, 3.05) is 19.6 Å². The summed E-state index contributed by atoms with van der Waals surface area (Å²) in [5.41, 5.74) is 2.81. The number of sulfonamides is 1. The molecule has 9 nitrogen and oxygen atoms in total. The van der Waals surface area contributed by atoms with E-state index in [9.17, 15) is 18.5 Å². The number of nitrogens with zero attached hydrogens (tertiary/aromatic N) is 5. The molecule has 2 saturated heterocycles. The molecular formula is C27H31N5O4S. The van der Waals surface area contributed by atoms with Gasteiger partial charge in [-0.3, -0.25) is 25.0 Å². The topological polar surface area (TPSA) is 110 Å². The van der Waals surface area contributed by atoms with Gasteiger partial charge in [0.15, 0.2) is 4.90 Å². The third-order valence-electron chi connectivity index (χ3n) is 7.62. The number of piperidine rings is 1. The van der Waals surface area contributed by atoms with Crippen LogP contribution in [0, 0.1) is 28.9 Å². The van der Waals surface area contributed by atoms with Crippen molar-refractivity contribution < 1.29 is 13.3 Å². The van der Waals surface area contributed by atoms with Crippen LogP contribution in [0.15, 0.2) is 71.9 Å². The number of aryl methyl sites for hydroxylation is 1. The highest BCUT2D eigenvalue weighted by Gasteiger charge is 2.44. The van der Waals surface area contributed by atoms with Crippen LogP contribution in [0.3, 0.4) is 0 Å². The molecule has 37 heavy (non-hydrogen) atoms. The Bertz CT molecular complexity index is 1380. The van der Waals surface area contributed by atoms with Crippen molar-refractivity contribution >= 4 is 15.7 Å². The minimum Gasteiger partial charge on any atom is -0.286 e. The fourth-order valence-electron chi connectivity index (χ4n) is 5.73. The van der Waals surface area contributed by atoms with E-state index in [0.717, 1.165) is 29.8 Å². The minimum absolute atomic E-state index is 0.0859. The lowest BCUT2D eigenvalue weighted by atomic mass is 9.81. The Hall–Kier alpha value is -3.21. The van der Waals surface area contributed by atoms with E-state index >= 15 is 0 Å². The van der Waals surface area contributed by atoms with Crippen molar-refractivity contribution in [1.82, 2.24) is 19.2 Å². The fourth-order valence-corrected chi connectivity index (χ4v) is 7.48. The third-order valence-corrected chi connectivity index (χ3v) is 9.50. The van der Waals surface area contributed by atoms with Gasteiger partial charge in [-0.25, -0.2) is 8.42 Å². The molecule has 0 spiro atoms. The van der Waals surface area contributed by atoms with E-state index in [-0.39, 0.29) is 22.9 Å². The fraction of sp³-hybridized carbons (Fsp3) is 0.407. The van der Waals surface area contributed by atoms with E-state index in [1.54, 1.807) is 0 Å². The van der Waals surface area contributed by atoms with Gasteiger partial charge in [-0.1, -0.05) is 31.2 Å². The number of nitro benzene ring substituents is 1. The van der Waals surface area contributed by atoms with Gasteiger partial charge in [0.1, 0.15) is 0 Å². The number of nitro groups is 1. The normalized spacial score (nSPS) is 23.5. The van der Waals surface area contributed by atoms with Gasteiger partial charge < -0.3 is 0 Å². The summed E-state index contributed by atoms with van der Waals surface area (Å²) in [6.07, 6.45) is 5.66. The first-order valence-electron chi connectivity index (χ1n) is 12.6. The van der Waals surface area contributed by atoms with E-state index < -0.39 is 20.6 Å². The third kappa shape index (κ3) is 4.88. The number of hydrogen-bond donors (Lipinski definition) is 0. The zero-order valence-electron chi connectivity index (χ0n) is 21.0. The molecule has 2 fully saturated rings. The molecule has 10 heteroatoms. The summed E-state index contributed by atoms with van der Waals surface area (Å²) in [7, 11) is -3.95. The molecule has 2 aliphatic heterocycles. The monoisotopic (exact) mass is 521 g/mol. The van der Waals surface area contributed by atoms with Gasteiger partial charge in [0.25, 0.3) is 5.69 Å². The quantitative estimate of drug-likeness (QED) is 0.332. The van der Waals surface area contributed by atoms with Crippen LogP contribution in [-0.4, -0.2) is 52.1 Å². The predicted octanol–water partition coefficient (Wildman–Crippen LogP) is 4.53. The molecule has 1 aromatic carbocycles. The molecule has 0 radical (unpaired) electrons. The second kappa shape index (κ2) is 10.3. The van der Waals surface area contributed by atoms with Gasteiger partial charge in [0.05, 0.1) is 28.4 Å². The summed E-state index contributed by atoms with van der Waals surface area (Å²) in [5, 5.41) is 11.4. The van der Waals surface area contributed by atoms with E-state index in [0.29, 0.717) is 25.6 Å². The molecule has 0 amide bonds. The lowest BCUT2D eigenvalue weighted by Crippen LogP contribution is -2.55. The van der Waals surface area contributed by atoms with Crippen LogP contribution in [0.4, 0.5) is 5.69 Å². The summed E-state index contributed by atoms with van der Waals surface area (Å²) in [5.74, 6) is 0.473. The van der Waals surface area contributed by atoms with Crippen LogP contribution in [0.2, 0.25) is 0 Å². The molecule has 0 saturated carbocycles. The number of benzene rings is 1. The van der Waals surface area contributed by atoms with Crippen molar-refractivity contribution in [3.05, 3.63) is 94.1 Å². The number of hydrogen-bond acceptors (Lipinski definition) is 7. The largest absolute Gasteiger partial charge is 0.289 e. The highest BCUT2D eigenvalue weighted by molar-refractivity contribution is 7.89. The molecule has 5 rings (SSSR count). The molecule has 194 valence electrons. The molecule has 4 heterocycles. The maximum atomic E-state index is 13.2. The molecule has 2 aliphatic rings. The van der Waals surface area contributed by atoms with Gasteiger partial charge in [0, 0.05) is 38.1 Å². The van der Waals surface area contributed by atoms with Crippen LogP contribution in [0.25, 0.3) is 0 Å². The van der Waals surface area contributed by atoms with Crippen LogP contribution >= 0.6 is 0 Å². The molecule has 3 atom stereocenters. The first-order valence-corrected chi connectivity index (χ1v) is 14.0. The second-order valence-corrected chi connectivity index (χ2v) is 12.0. The molecule has 0 bridgehead atoms. The number of rotatable bonds is 7. The standard InChI is InChI=1S/C27H31N5O4S/c1-19-8-7-15-29-26(19)27-20(2)12-13-23(22-9-5-6-14-28-22)31(27)18-21-16-30(17-21)37(35,36)25-11-4-3-10-24(25)32(33)34/h3-11,14-15,20-21,23,27H,12-13,16-18H2,1-2H3. The maximum Gasteiger partial charge on any atom is 0.289 e. The Morgan fingerprint density at radius 3 is 2.43 bits per heavy atom. The molecule has 0 N–H and O–H groups in total. The van der Waals surface area contributed by atoms with Crippen molar-refractivity contribution in [2.45, 2.75) is 43.7 Å². The van der Waals surface area contributed by atoms with Crippen molar-refractivity contribution in [3.63, 3.8) is 0 Å². The lowest BCUT2D eigenvalue weighted by molar-refractivity contribution is -0.387. The molecular weight excluding hydrogens is 490 g/mol. The SMILES string of the molecule is Cc1cccnc1C1C(C)CCC(c2ccccn2)N1CC1CN(S(=O)(=O)c2ccccc2[N+](=O)[O-])C1. The minimum atomic E-state index is -3.95. The zero-order valence-corrected chi connectivity index (χ0v) is 21.8. The number of aromatic nitrogens is 2.